The Hall–Kier alpha value is -1.31. The van der Waals surface area contributed by atoms with Crippen LogP contribution in [-0.4, -0.2) is 5.97 Å². The van der Waals surface area contributed by atoms with Gasteiger partial charge in [0.05, 0.1) is 0 Å². The maximum Gasteiger partial charge on any atom is 0.0448 e. The van der Waals surface area contributed by atoms with Crippen LogP contribution in [0.2, 0.25) is 0 Å². The standard InChI is InChI=1S/C12H16O2/c1-2-6-11(12(13)14)9-10-7-4-3-5-8-10/h3-5,7-8,11H,2,6,9H2,1H3,(H,13,14)/p-1/t11-/m0/s1. The topological polar surface area (TPSA) is 40.1 Å². The van der Waals surface area contributed by atoms with Crippen LogP contribution in [0.25, 0.3) is 0 Å². The van der Waals surface area contributed by atoms with Crippen molar-refractivity contribution in [1.29, 1.82) is 0 Å². The number of aliphatic carboxylic acids is 1. The van der Waals surface area contributed by atoms with E-state index in [4.69, 9.17) is 0 Å². The normalized spacial score (nSPS) is 12.4. The molecular formula is C12H15O2-. The van der Waals surface area contributed by atoms with Crippen molar-refractivity contribution in [1.82, 2.24) is 0 Å². The lowest BCUT2D eigenvalue weighted by atomic mass is 9.95. The third kappa shape index (κ3) is 3.21. The van der Waals surface area contributed by atoms with Gasteiger partial charge in [-0.3, -0.25) is 0 Å². The predicted octanol–water partition coefficient (Wildman–Crippen LogP) is 1.40. The zero-order chi connectivity index (χ0) is 10.4. The minimum Gasteiger partial charge on any atom is -0.550 e. The second-order valence-corrected chi connectivity index (χ2v) is 3.49. The Bertz CT molecular complexity index is 280. The summed E-state index contributed by atoms with van der Waals surface area (Å²) >= 11 is 0. The van der Waals surface area contributed by atoms with E-state index in [2.05, 4.69) is 0 Å². The summed E-state index contributed by atoms with van der Waals surface area (Å²) in [5.74, 6) is -1.28. The van der Waals surface area contributed by atoms with Gasteiger partial charge in [-0.15, -0.1) is 0 Å². The first-order valence-corrected chi connectivity index (χ1v) is 4.98. The maximum absolute atomic E-state index is 10.8. The Balaban J connectivity index is 2.60. The van der Waals surface area contributed by atoms with Crippen LogP contribution in [0.1, 0.15) is 25.3 Å². The minimum absolute atomic E-state index is 0.345. The van der Waals surface area contributed by atoms with Crippen molar-refractivity contribution in [3.05, 3.63) is 35.9 Å². The third-order valence-corrected chi connectivity index (χ3v) is 2.30. The summed E-state index contributed by atoms with van der Waals surface area (Å²) < 4.78 is 0. The number of carboxylic acid groups (broad SMARTS) is 1. The van der Waals surface area contributed by atoms with Gasteiger partial charge in [0.2, 0.25) is 0 Å². The molecule has 0 fully saturated rings. The summed E-state index contributed by atoms with van der Waals surface area (Å²) in [6, 6.07) is 9.68. The molecular weight excluding hydrogens is 176 g/mol. The first-order valence-electron chi connectivity index (χ1n) is 4.98. The van der Waals surface area contributed by atoms with Crippen molar-refractivity contribution >= 4 is 5.97 Å². The zero-order valence-electron chi connectivity index (χ0n) is 8.40. The highest BCUT2D eigenvalue weighted by atomic mass is 16.4. The molecule has 1 atom stereocenters. The van der Waals surface area contributed by atoms with Gasteiger partial charge in [0, 0.05) is 11.9 Å². The van der Waals surface area contributed by atoms with Gasteiger partial charge in [-0.2, -0.15) is 0 Å². The molecule has 0 aliphatic heterocycles. The van der Waals surface area contributed by atoms with Crippen LogP contribution in [0.5, 0.6) is 0 Å². The number of rotatable bonds is 5. The number of carbonyl (C=O) groups excluding carboxylic acids is 1. The molecule has 1 rings (SSSR count). The monoisotopic (exact) mass is 191 g/mol. The molecule has 0 radical (unpaired) electrons. The second kappa shape index (κ2) is 5.43. The van der Waals surface area contributed by atoms with Crippen molar-refractivity contribution in [2.75, 3.05) is 0 Å². The summed E-state index contributed by atoms with van der Waals surface area (Å²) in [5.41, 5.74) is 1.06. The van der Waals surface area contributed by atoms with Gasteiger partial charge in [-0.1, -0.05) is 43.7 Å². The molecule has 0 bridgehead atoms. The van der Waals surface area contributed by atoms with Gasteiger partial charge >= 0.3 is 0 Å². The van der Waals surface area contributed by atoms with Gasteiger partial charge in [-0.05, 0) is 18.4 Å². The summed E-state index contributed by atoms with van der Waals surface area (Å²) in [4.78, 5) is 10.8. The van der Waals surface area contributed by atoms with Gasteiger partial charge < -0.3 is 9.90 Å². The lowest BCUT2D eigenvalue weighted by molar-refractivity contribution is -0.311. The molecule has 1 aromatic carbocycles. The van der Waals surface area contributed by atoms with E-state index < -0.39 is 5.97 Å². The van der Waals surface area contributed by atoms with E-state index in [1.165, 1.54) is 0 Å². The van der Waals surface area contributed by atoms with E-state index in [0.717, 1.165) is 12.0 Å². The molecule has 0 heterocycles. The third-order valence-electron chi connectivity index (χ3n) is 2.30. The van der Waals surface area contributed by atoms with E-state index in [1.54, 1.807) is 0 Å². The van der Waals surface area contributed by atoms with Gasteiger partial charge in [0.15, 0.2) is 0 Å². The van der Waals surface area contributed by atoms with Crippen molar-refractivity contribution < 1.29 is 9.90 Å². The molecule has 2 heteroatoms. The quantitative estimate of drug-likeness (QED) is 0.705. The Kier molecular flexibility index (Phi) is 4.17. The fraction of sp³-hybridized carbons (Fsp3) is 0.417. The Morgan fingerprint density at radius 1 is 1.36 bits per heavy atom. The lowest BCUT2D eigenvalue weighted by Crippen LogP contribution is -2.32. The van der Waals surface area contributed by atoms with E-state index in [-0.39, 0.29) is 5.92 Å². The highest BCUT2D eigenvalue weighted by molar-refractivity contribution is 5.68. The molecule has 0 unspecified atom stereocenters. The molecule has 0 saturated carbocycles. The van der Waals surface area contributed by atoms with Crippen molar-refractivity contribution in [3.63, 3.8) is 0 Å². The minimum atomic E-state index is -0.935. The number of benzene rings is 1. The predicted molar refractivity (Wildman–Crippen MR) is 53.6 cm³/mol. The number of hydrogen-bond donors (Lipinski definition) is 0. The lowest BCUT2D eigenvalue weighted by Gasteiger charge is -2.16. The first kappa shape index (κ1) is 10.8. The molecule has 0 saturated heterocycles. The van der Waals surface area contributed by atoms with Crippen molar-refractivity contribution in [2.24, 2.45) is 5.92 Å². The van der Waals surface area contributed by atoms with Crippen LogP contribution < -0.4 is 5.11 Å². The largest absolute Gasteiger partial charge is 0.550 e. The number of carbonyl (C=O) groups is 1. The second-order valence-electron chi connectivity index (χ2n) is 3.49. The summed E-state index contributed by atoms with van der Waals surface area (Å²) in [6.07, 6.45) is 2.15. The molecule has 0 aromatic heterocycles. The smallest absolute Gasteiger partial charge is 0.0448 e. The Labute approximate surface area is 84.6 Å². The molecule has 0 N–H and O–H groups in total. The molecule has 2 nitrogen and oxygen atoms in total. The van der Waals surface area contributed by atoms with Crippen molar-refractivity contribution in [2.45, 2.75) is 26.2 Å². The van der Waals surface area contributed by atoms with E-state index in [1.807, 2.05) is 37.3 Å². The fourth-order valence-corrected chi connectivity index (χ4v) is 1.55. The average molecular weight is 191 g/mol. The zero-order valence-corrected chi connectivity index (χ0v) is 8.40. The Morgan fingerprint density at radius 3 is 2.50 bits per heavy atom. The molecule has 14 heavy (non-hydrogen) atoms. The van der Waals surface area contributed by atoms with Crippen LogP contribution in [-0.2, 0) is 11.2 Å². The first-order chi connectivity index (χ1) is 6.74. The highest BCUT2D eigenvalue weighted by Gasteiger charge is 2.09. The Morgan fingerprint density at radius 2 is 2.00 bits per heavy atom. The van der Waals surface area contributed by atoms with Crippen molar-refractivity contribution in [3.8, 4) is 0 Å². The molecule has 0 aliphatic rings. The average Bonchev–Trinajstić information content (AvgIpc) is 2.18. The summed E-state index contributed by atoms with van der Waals surface area (Å²) in [7, 11) is 0. The van der Waals surface area contributed by atoms with E-state index in [9.17, 15) is 9.90 Å². The van der Waals surface area contributed by atoms with Crippen LogP contribution in [0, 0.1) is 5.92 Å². The molecule has 0 amide bonds. The molecule has 0 spiro atoms. The van der Waals surface area contributed by atoms with Crippen LogP contribution >= 0.6 is 0 Å². The van der Waals surface area contributed by atoms with Crippen LogP contribution in [0.4, 0.5) is 0 Å². The van der Waals surface area contributed by atoms with Gasteiger partial charge in [0.25, 0.3) is 0 Å². The fourth-order valence-electron chi connectivity index (χ4n) is 1.55. The molecule has 1 aromatic rings. The number of carboxylic acids is 1. The summed E-state index contributed by atoms with van der Waals surface area (Å²) in [6.45, 7) is 1.99. The molecule has 0 aliphatic carbocycles. The van der Waals surface area contributed by atoms with Gasteiger partial charge in [-0.25, -0.2) is 0 Å². The molecule has 76 valence electrons. The maximum atomic E-state index is 10.8. The van der Waals surface area contributed by atoms with E-state index in [0.29, 0.717) is 12.8 Å². The summed E-state index contributed by atoms with van der Waals surface area (Å²) in [5, 5.41) is 10.8. The van der Waals surface area contributed by atoms with Gasteiger partial charge in [0.1, 0.15) is 0 Å². The number of hydrogen-bond acceptors (Lipinski definition) is 2. The van der Waals surface area contributed by atoms with Crippen LogP contribution in [0.15, 0.2) is 30.3 Å². The SMILES string of the molecule is CCC[C@@H](Cc1ccccc1)C(=O)[O-]. The highest BCUT2D eigenvalue weighted by Crippen LogP contribution is 2.13. The van der Waals surface area contributed by atoms with E-state index >= 15 is 0 Å². The van der Waals surface area contributed by atoms with Crippen LogP contribution in [0.3, 0.4) is 0 Å².